The molecule has 0 unspecified atom stereocenters. The summed E-state index contributed by atoms with van der Waals surface area (Å²) in [6.07, 6.45) is 0. The first-order valence-corrected chi connectivity index (χ1v) is 8.20. The number of nitro groups is 1. The third-order valence-corrected chi connectivity index (χ3v) is 3.78. The van der Waals surface area contributed by atoms with Crippen LogP contribution in [0.2, 0.25) is 0 Å². The molecular weight excluding hydrogens is 350 g/mol. The van der Waals surface area contributed by atoms with Gasteiger partial charge in [-0.05, 0) is 12.1 Å². The molecule has 2 aromatic heterocycles. The number of non-ortho nitro benzene ring substituents is 1. The number of aromatic nitrogens is 4. The predicted octanol–water partition coefficient (Wildman–Crippen LogP) is 3.09. The van der Waals surface area contributed by atoms with E-state index in [2.05, 4.69) is 15.2 Å². The predicted molar refractivity (Wildman–Crippen MR) is 96.9 cm³/mol. The fraction of sp³-hybridized carbons (Fsp3) is 0.111. The Morgan fingerprint density at radius 2 is 1.85 bits per heavy atom. The van der Waals surface area contributed by atoms with E-state index in [0.29, 0.717) is 36.1 Å². The molecule has 0 amide bonds. The first-order chi connectivity index (χ1) is 13.2. The molecule has 0 aliphatic heterocycles. The maximum absolute atomic E-state index is 10.9. The summed E-state index contributed by atoms with van der Waals surface area (Å²) in [5, 5.41) is 18.1. The minimum atomic E-state index is -0.443. The van der Waals surface area contributed by atoms with E-state index in [9.17, 15) is 10.1 Å². The van der Waals surface area contributed by atoms with Crippen molar-refractivity contribution >= 4 is 11.3 Å². The first kappa shape index (κ1) is 16.6. The molecule has 0 aliphatic rings. The molecule has 9 heteroatoms. The van der Waals surface area contributed by atoms with Crippen molar-refractivity contribution in [2.24, 2.45) is 0 Å². The summed E-state index contributed by atoms with van der Waals surface area (Å²) in [5.41, 5.74) is 1.16. The lowest BCUT2D eigenvalue weighted by Crippen LogP contribution is -2.09. The van der Waals surface area contributed by atoms with Crippen LogP contribution >= 0.6 is 0 Å². The minimum absolute atomic E-state index is 0.00368. The van der Waals surface area contributed by atoms with Crippen molar-refractivity contribution in [3.8, 4) is 23.0 Å². The maximum Gasteiger partial charge on any atom is 0.270 e. The number of nitrogens with zero attached hydrogens (tertiary/aromatic N) is 4. The Morgan fingerprint density at radius 3 is 2.63 bits per heavy atom. The highest BCUT2D eigenvalue weighted by Crippen LogP contribution is 2.22. The number of rotatable bonds is 7. The average Bonchev–Trinajstić information content (AvgIpc) is 3.25. The van der Waals surface area contributed by atoms with Gasteiger partial charge >= 0.3 is 0 Å². The Morgan fingerprint density at radius 1 is 1.04 bits per heavy atom. The van der Waals surface area contributed by atoms with E-state index in [4.69, 9.17) is 9.47 Å². The fourth-order valence-corrected chi connectivity index (χ4v) is 2.54. The van der Waals surface area contributed by atoms with Gasteiger partial charge in [-0.15, -0.1) is 5.10 Å². The summed E-state index contributed by atoms with van der Waals surface area (Å²) in [6.45, 7) is 0.731. The topological polar surface area (TPSA) is 108 Å². The van der Waals surface area contributed by atoms with E-state index in [1.165, 1.54) is 16.8 Å². The second-order valence-corrected chi connectivity index (χ2v) is 5.64. The summed E-state index contributed by atoms with van der Waals surface area (Å²) in [4.78, 5) is 14.8. The van der Waals surface area contributed by atoms with Crippen molar-refractivity contribution in [3.63, 3.8) is 0 Å². The number of hydrogen-bond acceptors (Lipinski definition) is 6. The zero-order valence-corrected chi connectivity index (χ0v) is 14.1. The van der Waals surface area contributed by atoms with Crippen LogP contribution in [0.15, 0.2) is 60.7 Å². The maximum atomic E-state index is 10.9. The smallest absolute Gasteiger partial charge is 0.270 e. The number of benzene rings is 2. The lowest BCUT2D eigenvalue weighted by molar-refractivity contribution is -0.384. The number of fused-ring (bicyclic) bond motifs is 1. The minimum Gasteiger partial charge on any atom is -0.490 e. The molecule has 0 aliphatic carbocycles. The molecule has 0 atom stereocenters. The van der Waals surface area contributed by atoms with E-state index >= 15 is 0 Å². The zero-order valence-electron chi connectivity index (χ0n) is 14.1. The van der Waals surface area contributed by atoms with E-state index < -0.39 is 4.92 Å². The van der Waals surface area contributed by atoms with Crippen molar-refractivity contribution < 1.29 is 14.4 Å². The van der Waals surface area contributed by atoms with Crippen LogP contribution < -0.4 is 9.47 Å². The molecule has 0 bridgehead atoms. The molecule has 4 aromatic rings. The molecule has 27 heavy (non-hydrogen) atoms. The molecule has 2 aromatic carbocycles. The van der Waals surface area contributed by atoms with Crippen molar-refractivity contribution in [2.75, 3.05) is 13.2 Å². The highest BCUT2D eigenvalue weighted by Gasteiger charge is 2.12. The van der Waals surface area contributed by atoms with Gasteiger partial charge in [0.1, 0.15) is 19.0 Å². The Bertz CT molecular complexity index is 1040. The Hall–Kier alpha value is -3.88. The average molecular weight is 365 g/mol. The molecule has 0 spiro atoms. The number of para-hydroxylation sites is 1. The standard InChI is InChI=1S/C18H15N5O4/c24-23(25)14-6-4-5-13(11-14)18-19-16-12-17(20-22(16)21-18)27-10-9-26-15-7-2-1-3-8-15/h1-8,11-12H,9-10H2,(H,19,21). The van der Waals surface area contributed by atoms with Crippen molar-refractivity contribution in [1.82, 2.24) is 19.8 Å². The molecule has 4 rings (SSSR count). The number of H-pyrrole nitrogens is 1. The third kappa shape index (κ3) is 3.71. The molecule has 0 fully saturated rings. The molecule has 9 nitrogen and oxygen atoms in total. The monoisotopic (exact) mass is 365 g/mol. The Kier molecular flexibility index (Phi) is 4.40. The lowest BCUT2D eigenvalue weighted by atomic mass is 10.2. The van der Waals surface area contributed by atoms with Gasteiger partial charge in [0, 0.05) is 23.8 Å². The van der Waals surface area contributed by atoms with Crippen molar-refractivity contribution in [3.05, 3.63) is 70.8 Å². The van der Waals surface area contributed by atoms with E-state index in [-0.39, 0.29) is 5.69 Å². The van der Waals surface area contributed by atoms with Crippen LogP contribution in [0.25, 0.3) is 17.0 Å². The Labute approximate surface area is 153 Å². The quantitative estimate of drug-likeness (QED) is 0.306. The molecular formula is C18H15N5O4. The number of nitrogens with one attached hydrogen (secondary N) is 1. The van der Waals surface area contributed by atoms with Gasteiger partial charge in [0.05, 0.1) is 4.92 Å². The van der Waals surface area contributed by atoms with Gasteiger partial charge in [-0.25, -0.2) is 4.98 Å². The molecule has 0 saturated heterocycles. The Balaban J connectivity index is 1.40. The highest BCUT2D eigenvalue weighted by atomic mass is 16.6. The van der Waals surface area contributed by atoms with Gasteiger partial charge in [-0.1, -0.05) is 30.3 Å². The molecule has 2 heterocycles. The second-order valence-electron chi connectivity index (χ2n) is 5.64. The first-order valence-electron chi connectivity index (χ1n) is 8.20. The largest absolute Gasteiger partial charge is 0.490 e. The number of aromatic amines is 1. The summed E-state index contributed by atoms with van der Waals surface area (Å²) >= 11 is 0. The fourth-order valence-electron chi connectivity index (χ4n) is 2.54. The van der Waals surface area contributed by atoms with Crippen molar-refractivity contribution in [1.29, 1.82) is 0 Å². The van der Waals surface area contributed by atoms with Crippen LogP contribution in [-0.2, 0) is 0 Å². The summed E-state index contributed by atoms with van der Waals surface area (Å²) in [5.74, 6) is 1.68. The van der Waals surface area contributed by atoms with E-state index in [1.807, 2.05) is 30.3 Å². The van der Waals surface area contributed by atoms with Gasteiger partial charge in [0.2, 0.25) is 5.88 Å². The number of ether oxygens (including phenoxy) is 2. The van der Waals surface area contributed by atoms with Gasteiger partial charge in [0.15, 0.2) is 11.5 Å². The lowest BCUT2D eigenvalue weighted by Gasteiger charge is -2.05. The normalized spacial score (nSPS) is 10.8. The highest BCUT2D eigenvalue weighted by molar-refractivity contribution is 5.61. The van der Waals surface area contributed by atoms with Crippen LogP contribution in [-0.4, -0.2) is 37.9 Å². The summed E-state index contributed by atoms with van der Waals surface area (Å²) < 4.78 is 12.6. The summed E-state index contributed by atoms with van der Waals surface area (Å²) in [6, 6.07) is 17.4. The third-order valence-electron chi connectivity index (χ3n) is 3.78. The van der Waals surface area contributed by atoms with Gasteiger partial charge in [-0.2, -0.15) is 4.63 Å². The molecule has 0 radical (unpaired) electrons. The van der Waals surface area contributed by atoms with Gasteiger partial charge < -0.3 is 9.47 Å². The molecule has 0 saturated carbocycles. The molecule has 1 N–H and O–H groups in total. The number of hydrogen-bond donors (Lipinski definition) is 1. The van der Waals surface area contributed by atoms with Crippen LogP contribution in [0.1, 0.15) is 0 Å². The molecule has 136 valence electrons. The summed E-state index contributed by atoms with van der Waals surface area (Å²) in [7, 11) is 0. The van der Waals surface area contributed by atoms with Crippen LogP contribution in [0.3, 0.4) is 0 Å². The van der Waals surface area contributed by atoms with Gasteiger partial charge in [-0.3, -0.25) is 15.2 Å². The number of nitro benzene ring substituents is 1. The zero-order chi connectivity index (χ0) is 18.6. The van der Waals surface area contributed by atoms with Gasteiger partial charge in [0.25, 0.3) is 5.69 Å². The van der Waals surface area contributed by atoms with Crippen molar-refractivity contribution in [2.45, 2.75) is 0 Å². The van der Waals surface area contributed by atoms with Crippen LogP contribution in [0, 0.1) is 10.1 Å². The van der Waals surface area contributed by atoms with E-state index in [1.54, 1.807) is 18.2 Å². The van der Waals surface area contributed by atoms with Crippen LogP contribution in [0.5, 0.6) is 11.6 Å². The second kappa shape index (κ2) is 7.16. The van der Waals surface area contributed by atoms with E-state index in [0.717, 1.165) is 5.75 Å². The SMILES string of the molecule is O=[N+]([O-])c1cccc(-c2nc3cc(OCCOc4ccccc4)nn3[nH]2)c1. The van der Waals surface area contributed by atoms with Crippen LogP contribution in [0.4, 0.5) is 5.69 Å².